The highest BCUT2D eigenvalue weighted by Gasteiger charge is 2.26. The molecule has 0 radical (unpaired) electrons. The lowest BCUT2D eigenvalue weighted by Gasteiger charge is -2.30. The summed E-state index contributed by atoms with van der Waals surface area (Å²) in [5.74, 6) is 0.507. The summed E-state index contributed by atoms with van der Waals surface area (Å²) in [5, 5.41) is 2.96. The maximum absolute atomic E-state index is 12.0. The summed E-state index contributed by atoms with van der Waals surface area (Å²) < 4.78 is 10.1. The second-order valence-corrected chi connectivity index (χ2v) is 5.59. The first-order valence-electron chi connectivity index (χ1n) is 7.80. The van der Waals surface area contributed by atoms with Crippen molar-refractivity contribution in [3.63, 3.8) is 0 Å². The fraction of sp³-hybridized carbons (Fsp3) is 0.625. The number of rotatable bonds is 6. The summed E-state index contributed by atoms with van der Waals surface area (Å²) in [6, 6.07) is 1.63. The monoisotopic (exact) mass is 308 g/mol. The SMILES string of the molecule is CCCNC(=O)C1CCN(Cc2occc2C(=O)OC)CC1. The standard InChI is InChI=1S/C16H24N2O4/c1-3-7-17-15(19)12-4-8-18(9-5-12)11-14-13(6-10-22-14)16(20)21-2/h6,10,12H,3-5,7-9,11H2,1-2H3,(H,17,19). The number of carbonyl (C=O) groups is 2. The molecule has 1 aromatic rings. The van der Waals surface area contributed by atoms with Crippen LogP contribution in [-0.4, -0.2) is 43.5 Å². The normalized spacial score (nSPS) is 16.5. The van der Waals surface area contributed by atoms with Crippen LogP contribution in [0.4, 0.5) is 0 Å². The number of hydrogen-bond donors (Lipinski definition) is 1. The highest BCUT2D eigenvalue weighted by Crippen LogP contribution is 2.21. The number of piperidine rings is 1. The van der Waals surface area contributed by atoms with Gasteiger partial charge in [0.2, 0.25) is 5.91 Å². The van der Waals surface area contributed by atoms with E-state index in [1.165, 1.54) is 13.4 Å². The van der Waals surface area contributed by atoms with Crippen LogP contribution in [0.1, 0.15) is 42.3 Å². The number of nitrogens with one attached hydrogen (secondary N) is 1. The Hall–Kier alpha value is -1.82. The lowest BCUT2D eigenvalue weighted by Crippen LogP contribution is -2.40. The van der Waals surface area contributed by atoms with Crippen molar-refractivity contribution >= 4 is 11.9 Å². The highest BCUT2D eigenvalue weighted by atomic mass is 16.5. The molecule has 6 nitrogen and oxygen atoms in total. The smallest absolute Gasteiger partial charge is 0.341 e. The van der Waals surface area contributed by atoms with Gasteiger partial charge in [0, 0.05) is 12.5 Å². The van der Waals surface area contributed by atoms with Crippen LogP contribution in [0.15, 0.2) is 16.7 Å². The molecular weight excluding hydrogens is 284 g/mol. The second-order valence-electron chi connectivity index (χ2n) is 5.59. The summed E-state index contributed by atoms with van der Waals surface area (Å²) in [6.45, 7) is 5.01. The molecule has 0 saturated carbocycles. The predicted molar refractivity (Wildman–Crippen MR) is 81.3 cm³/mol. The Labute approximate surface area is 130 Å². The molecule has 1 aromatic heterocycles. The van der Waals surface area contributed by atoms with Gasteiger partial charge < -0.3 is 14.5 Å². The summed E-state index contributed by atoms with van der Waals surface area (Å²) in [7, 11) is 1.36. The van der Waals surface area contributed by atoms with Crippen LogP contribution in [0.2, 0.25) is 0 Å². The Balaban J connectivity index is 1.84. The molecule has 0 aromatic carbocycles. The van der Waals surface area contributed by atoms with Gasteiger partial charge in [-0.3, -0.25) is 9.69 Å². The zero-order valence-electron chi connectivity index (χ0n) is 13.3. The van der Waals surface area contributed by atoms with Gasteiger partial charge in [0.1, 0.15) is 11.3 Å². The molecule has 2 rings (SSSR count). The number of esters is 1. The van der Waals surface area contributed by atoms with E-state index in [1.807, 2.05) is 6.92 Å². The molecule has 0 bridgehead atoms. The number of methoxy groups -OCH3 is 1. The number of hydrogen-bond acceptors (Lipinski definition) is 5. The maximum atomic E-state index is 12.0. The van der Waals surface area contributed by atoms with E-state index >= 15 is 0 Å². The Bertz CT molecular complexity index is 504. The van der Waals surface area contributed by atoms with Crippen LogP contribution in [0.5, 0.6) is 0 Å². The van der Waals surface area contributed by atoms with E-state index in [-0.39, 0.29) is 17.8 Å². The fourth-order valence-corrected chi connectivity index (χ4v) is 2.70. The lowest BCUT2D eigenvalue weighted by molar-refractivity contribution is -0.126. The van der Waals surface area contributed by atoms with Gasteiger partial charge in [0.05, 0.1) is 19.9 Å². The maximum Gasteiger partial charge on any atom is 0.341 e. The van der Waals surface area contributed by atoms with E-state index in [4.69, 9.17) is 9.15 Å². The van der Waals surface area contributed by atoms with E-state index < -0.39 is 0 Å². The van der Waals surface area contributed by atoms with Gasteiger partial charge in [-0.1, -0.05) is 6.92 Å². The van der Waals surface area contributed by atoms with Gasteiger partial charge in [-0.05, 0) is 38.4 Å². The van der Waals surface area contributed by atoms with E-state index in [0.29, 0.717) is 17.9 Å². The molecule has 0 aliphatic carbocycles. The van der Waals surface area contributed by atoms with Gasteiger partial charge in [-0.2, -0.15) is 0 Å². The Morgan fingerprint density at radius 1 is 1.41 bits per heavy atom. The number of ether oxygens (including phenoxy) is 1. The van der Waals surface area contributed by atoms with Crippen LogP contribution < -0.4 is 5.32 Å². The first kappa shape index (κ1) is 16.5. The molecule has 6 heteroatoms. The lowest BCUT2D eigenvalue weighted by atomic mass is 9.95. The molecule has 0 atom stereocenters. The van der Waals surface area contributed by atoms with E-state index in [2.05, 4.69) is 10.2 Å². The van der Waals surface area contributed by atoms with E-state index in [0.717, 1.165) is 38.9 Å². The van der Waals surface area contributed by atoms with E-state index in [1.54, 1.807) is 6.07 Å². The van der Waals surface area contributed by atoms with Crippen LogP contribution in [0.3, 0.4) is 0 Å². The Morgan fingerprint density at radius 3 is 2.77 bits per heavy atom. The number of furan rings is 1. The first-order valence-corrected chi connectivity index (χ1v) is 7.80. The molecule has 1 amide bonds. The van der Waals surface area contributed by atoms with E-state index in [9.17, 15) is 9.59 Å². The van der Waals surface area contributed by atoms with Crippen molar-refractivity contribution in [3.8, 4) is 0 Å². The van der Waals surface area contributed by atoms with Crippen LogP contribution in [-0.2, 0) is 16.1 Å². The molecule has 1 fully saturated rings. The zero-order chi connectivity index (χ0) is 15.9. The van der Waals surface area contributed by atoms with Crippen molar-refractivity contribution in [2.24, 2.45) is 5.92 Å². The van der Waals surface area contributed by atoms with Gasteiger partial charge >= 0.3 is 5.97 Å². The number of likely N-dealkylation sites (tertiary alicyclic amines) is 1. The molecule has 0 spiro atoms. The fourth-order valence-electron chi connectivity index (χ4n) is 2.70. The predicted octanol–water partition coefficient (Wildman–Crippen LogP) is 1.80. The van der Waals surface area contributed by atoms with Gasteiger partial charge in [-0.15, -0.1) is 0 Å². The topological polar surface area (TPSA) is 71.8 Å². The van der Waals surface area contributed by atoms with Crippen molar-refractivity contribution in [1.29, 1.82) is 0 Å². The third-order valence-electron chi connectivity index (χ3n) is 4.03. The first-order chi connectivity index (χ1) is 10.7. The summed E-state index contributed by atoms with van der Waals surface area (Å²) >= 11 is 0. The number of nitrogens with zero attached hydrogens (tertiary/aromatic N) is 1. The number of amides is 1. The van der Waals surface area contributed by atoms with Crippen molar-refractivity contribution in [2.45, 2.75) is 32.7 Å². The third kappa shape index (κ3) is 4.10. The molecule has 1 aliphatic heterocycles. The summed E-state index contributed by atoms with van der Waals surface area (Å²) in [4.78, 5) is 25.8. The molecular formula is C16H24N2O4. The Morgan fingerprint density at radius 2 is 2.14 bits per heavy atom. The van der Waals surface area contributed by atoms with Gasteiger partial charge in [0.25, 0.3) is 0 Å². The molecule has 0 unspecified atom stereocenters. The molecule has 2 heterocycles. The second kappa shape index (κ2) is 7.98. The van der Waals surface area contributed by atoms with Crippen molar-refractivity contribution in [2.75, 3.05) is 26.7 Å². The average molecular weight is 308 g/mol. The van der Waals surface area contributed by atoms with Crippen LogP contribution in [0.25, 0.3) is 0 Å². The zero-order valence-corrected chi connectivity index (χ0v) is 13.3. The van der Waals surface area contributed by atoms with Crippen molar-refractivity contribution < 1.29 is 18.7 Å². The Kier molecular flexibility index (Phi) is 6.00. The average Bonchev–Trinajstić information content (AvgIpc) is 3.00. The largest absolute Gasteiger partial charge is 0.467 e. The minimum absolute atomic E-state index is 0.0967. The van der Waals surface area contributed by atoms with Crippen molar-refractivity contribution in [1.82, 2.24) is 10.2 Å². The van der Waals surface area contributed by atoms with Gasteiger partial charge in [-0.25, -0.2) is 4.79 Å². The minimum Gasteiger partial charge on any atom is -0.467 e. The summed E-state index contributed by atoms with van der Waals surface area (Å²) in [6.07, 6.45) is 4.14. The molecule has 1 saturated heterocycles. The summed E-state index contributed by atoms with van der Waals surface area (Å²) in [5.41, 5.74) is 0.477. The van der Waals surface area contributed by atoms with Crippen molar-refractivity contribution in [3.05, 3.63) is 23.7 Å². The number of carbonyl (C=O) groups excluding carboxylic acids is 2. The quantitative estimate of drug-likeness (QED) is 0.811. The highest BCUT2D eigenvalue weighted by molar-refractivity contribution is 5.90. The van der Waals surface area contributed by atoms with Crippen LogP contribution in [0, 0.1) is 5.92 Å². The molecule has 122 valence electrons. The molecule has 1 N–H and O–H groups in total. The van der Waals surface area contributed by atoms with Crippen LogP contribution >= 0.6 is 0 Å². The minimum atomic E-state index is -0.377. The third-order valence-corrected chi connectivity index (χ3v) is 4.03. The molecule has 22 heavy (non-hydrogen) atoms. The van der Waals surface area contributed by atoms with Gasteiger partial charge in [0.15, 0.2) is 0 Å². The molecule has 1 aliphatic rings.